The third kappa shape index (κ3) is 5.80. The van der Waals surface area contributed by atoms with E-state index in [1.807, 2.05) is 0 Å². The molecule has 0 aromatic carbocycles. The summed E-state index contributed by atoms with van der Waals surface area (Å²) in [6.45, 7) is -1.55. The lowest BCUT2D eigenvalue weighted by Gasteiger charge is -2.45. The maximum Gasteiger partial charge on any atom is 0.187 e. The van der Waals surface area contributed by atoms with Crippen molar-refractivity contribution >= 4 is 0 Å². The second-order valence-corrected chi connectivity index (χ2v) is 8.37. The van der Waals surface area contributed by atoms with E-state index < -0.39 is 99.2 Å². The van der Waals surface area contributed by atoms with E-state index in [0.29, 0.717) is 0 Å². The summed E-state index contributed by atoms with van der Waals surface area (Å²) < 4.78 is 26.8. The molecule has 0 radical (unpaired) electrons. The first-order valence-electron chi connectivity index (χ1n) is 10.6. The molecule has 0 bridgehead atoms. The quantitative estimate of drug-likeness (QED) is 0.160. The minimum atomic E-state index is -1.81. The number of hydrogen-bond acceptors (Lipinski definition) is 15. The van der Waals surface area contributed by atoms with Crippen molar-refractivity contribution in [3.05, 3.63) is 0 Å². The summed E-state index contributed by atoms with van der Waals surface area (Å²) in [5.74, 6) is 0. The lowest BCUT2D eigenvalue weighted by Crippen LogP contribution is -2.64. The van der Waals surface area contributed by atoms with Crippen LogP contribution in [0.25, 0.3) is 0 Å². The molecule has 0 spiro atoms. The van der Waals surface area contributed by atoms with Crippen molar-refractivity contribution in [1.29, 1.82) is 0 Å². The van der Waals surface area contributed by atoms with Crippen molar-refractivity contribution in [2.45, 2.75) is 92.4 Å². The molecule has 14 atom stereocenters. The molecule has 0 aromatic rings. The fourth-order valence-corrected chi connectivity index (χ4v) is 3.96. The SMILES string of the molecule is NC1C(O)CC(CO)OC1OCC1OC(OC2C(CO)OC(O)C(O)C2O)C(O)C(O)C1O. The summed E-state index contributed by atoms with van der Waals surface area (Å²) in [6.07, 6.45) is -19.1. The molecule has 15 heteroatoms. The van der Waals surface area contributed by atoms with Gasteiger partial charge in [-0.15, -0.1) is 0 Å². The minimum absolute atomic E-state index is 0.0965. The Labute approximate surface area is 188 Å². The molecular weight excluding hydrogens is 454 g/mol. The van der Waals surface area contributed by atoms with Gasteiger partial charge in [0.2, 0.25) is 0 Å². The largest absolute Gasteiger partial charge is 0.394 e. The zero-order chi connectivity index (χ0) is 24.4. The molecule has 3 rings (SSSR count). The van der Waals surface area contributed by atoms with Crippen molar-refractivity contribution in [1.82, 2.24) is 0 Å². The number of aliphatic hydroxyl groups excluding tert-OH is 9. The summed E-state index contributed by atoms with van der Waals surface area (Å²) >= 11 is 0. The van der Waals surface area contributed by atoms with E-state index in [0.717, 1.165) is 0 Å². The molecule has 0 amide bonds. The first kappa shape index (κ1) is 27.0. The van der Waals surface area contributed by atoms with Crippen molar-refractivity contribution < 1.29 is 69.6 Å². The van der Waals surface area contributed by atoms with E-state index in [2.05, 4.69) is 0 Å². The molecule has 14 unspecified atom stereocenters. The van der Waals surface area contributed by atoms with Crippen LogP contribution >= 0.6 is 0 Å². The van der Waals surface area contributed by atoms with Gasteiger partial charge in [-0.1, -0.05) is 0 Å². The van der Waals surface area contributed by atoms with Crippen LogP contribution < -0.4 is 5.73 Å². The van der Waals surface area contributed by atoms with Crippen LogP contribution in [-0.4, -0.2) is 152 Å². The average Bonchev–Trinajstić information content (AvgIpc) is 2.80. The average molecular weight is 487 g/mol. The van der Waals surface area contributed by atoms with Gasteiger partial charge in [-0.2, -0.15) is 0 Å². The predicted molar refractivity (Wildman–Crippen MR) is 102 cm³/mol. The lowest BCUT2D eigenvalue weighted by atomic mass is 9.97. The molecule has 33 heavy (non-hydrogen) atoms. The lowest BCUT2D eigenvalue weighted by molar-refractivity contribution is -0.359. The smallest absolute Gasteiger partial charge is 0.187 e. The highest BCUT2D eigenvalue weighted by atomic mass is 16.7. The molecule has 11 N–H and O–H groups in total. The third-order valence-corrected chi connectivity index (χ3v) is 6.02. The van der Waals surface area contributed by atoms with Crippen molar-refractivity contribution in [3.63, 3.8) is 0 Å². The van der Waals surface area contributed by atoms with Crippen LogP contribution in [0.1, 0.15) is 6.42 Å². The summed E-state index contributed by atoms with van der Waals surface area (Å²) in [7, 11) is 0. The van der Waals surface area contributed by atoms with Crippen LogP contribution in [0.15, 0.2) is 0 Å². The summed E-state index contributed by atoms with van der Waals surface area (Å²) in [6, 6.07) is -0.969. The van der Waals surface area contributed by atoms with Gasteiger partial charge in [0, 0.05) is 6.42 Å². The van der Waals surface area contributed by atoms with Crippen molar-refractivity contribution in [3.8, 4) is 0 Å². The Morgan fingerprint density at radius 1 is 0.727 bits per heavy atom. The van der Waals surface area contributed by atoms with Crippen LogP contribution in [0.4, 0.5) is 0 Å². The van der Waals surface area contributed by atoms with E-state index in [1.54, 1.807) is 0 Å². The molecule has 3 saturated heterocycles. The standard InChI is InChI=1S/C18H33NO14/c19-9-6(22)1-5(2-20)30-17(9)29-4-8-10(23)11(24)14(27)18(32-8)33-15-7(3-21)31-16(28)13(26)12(15)25/h5-18,20-28H,1-4,19H2. The van der Waals surface area contributed by atoms with Gasteiger partial charge in [0.25, 0.3) is 0 Å². The molecule has 3 heterocycles. The normalized spacial score (nSPS) is 51.5. The molecule has 15 nitrogen and oxygen atoms in total. The predicted octanol–water partition coefficient (Wildman–Crippen LogP) is -6.58. The molecule has 194 valence electrons. The highest BCUT2D eigenvalue weighted by molar-refractivity contribution is 4.94. The van der Waals surface area contributed by atoms with Gasteiger partial charge in [0.15, 0.2) is 18.9 Å². The number of ether oxygens (including phenoxy) is 5. The monoisotopic (exact) mass is 487 g/mol. The molecule has 3 fully saturated rings. The highest BCUT2D eigenvalue weighted by Crippen LogP contribution is 2.29. The van der Waals surface area contributed by atoms with Gasteiger partial charge in [0.05, 0.1) is 38.1 Å². The Hall–Kier alpha value is -0.600. The first-order chi connectivity index (χ1) is 15.6. The summed E-state index contributed by atoms with van der Waals surface area (Å²) in [4.78, 5) is 0. The molecule has 3 aliphatic rings. The van der Waals surface area contributed by atoms with Crippen molar-refractivity contribution in [2.24, 2.45) is 5.73 Å². The third-order valence-electron chi connectivity index (χ3n) is 6.02. The number of rotatable bonds is 7. The van der Waals surface area contributed by atoms with Crippen LogP contribution in [0.5, 0.6) is 0 Å². The molecule has 3 aliphatic heterocycles. The van der Waals surface area contributed by atoms with Crippen LogP contribution in [0.2, 0.25) is 0 Å². The molecule has 0 aromatic heterocycles. The highest BCUT2D eigenvalue weighted by Gasteiger charge is 2.50. The maximum atomic E-state index is 10.3. The number of nitrogens with two attached hydrogens (primary N) is 1. The molecule has 0 aliphatic carbocycles. The summed E-state index contributed by atoms with van der Waals surface area (Å²) in [5.41, 5.74) is 5.85. The van der Waals surface area contributed by atoms with E-state index in [1.165, 1.54) is 0 Å². The topological polar surface area (TPSA) is 254 Å². The fourth-order valence-electron chi connectivity index (χ4n) is 3.96. The van der Waals surface area contributed by atoms with Crippen LogP contribution in [0.3, 0.4) is 0 Å². The Morgan fingerprint density at radius 2 is 1.42 bits per heavy atom. The van der Waals surface area contributed by atoms with Gasteiger partial charge in [-0.3, -0.25) is 0 Å². The van der Waals surface area contributed by atoms with E-state index in [-0.39, 0.29) is 13.0 Å². The second kappa shape index (κ2) is 11.4. The Bertz CT molecular complexity index is 615. The van der Waals surface area contributed by atoms with Gasteiger partial charge in [-0.05, 0) is 0 Å². The van der Waals surface area contributed by atoms with E-state index in [9.17, 15) is 46.0 Å². The van der Waals surface area contributed by atoms with E-state index >= 15 is 0 Å². The molecule has 0 saturated carbocycles. The van der Waals surface area contributed by atoms with Gasteiger partial charge in [0.1, 0.15) is 48.8 Å². The molecular formula is C18H33NO14. The Morgan fingerprint density at radius 3 is 2.06 bits per heavy atom. The van der Waals surface area contributed by atoms with Gasteiger partial charge in [-0.25, -0.2) is 0 Å². The first-order valence-corrected chi connectivity index (χ1v) is 10.6. The maximum absolute atomic E-state index is 10.3. The van der Waals surface area contributed by atoms with Crippen molar-refractivity contribution in [2.75, 3.05) is 19.8 Å². The van der Waals surface area contributed by atoms with Crippen LogP contribution in [-0.2, 0) is 23.7 Å². The fraction of sp³-hybridized carbons (Fsp3) is 1.00. The number of hydrogen-bond donors (Lipinski definition) is 10. The number of aliphatic hydroxyl groups is 9. The second-order valence-electron chi connectivity index (χ2n) is 8.37. The van der Waals surface area contributed by atoms with E-state index in [4.69, 9.17) is 29.4 Å². The van der Waals surface area contributed by atoms with Crippen LogP contribution in [0, 0.1) is 0 Å². The minimum Gasteiger partial charge on any atom is -0.394 e. The zero-order valence-electron chi connectivity index (χ0n) is 17.6. The van der Waals surface area contributed by atoms with Gasteiger partial charge < -0.3 is 75.4 Å². The van der Waals surface area contributed by atoms with Gasteiger partial charge >= 0.3 is 0 Å². The Balaban J connectivity index is 1.66. The Kier molecular flexibility index (Phi) is 9.35. The summed E-state index contributed by atoms with van der Waals surface area (Å²) in [5, 5.41) is 89.1. The zero-order valence-corrected chi connectivity index (χ0v) is 17.6.